The number of carbonyl (C=O) groups excluding carboxylic acids is 1. The highest BCUT2D eigenvalue weighted by Crippen LogP contribution is 2.18. The maximum absolute atomic E-state index is 13.0. The fraction of sp³-hybridized carbons (Fsp3) is 0.417. The summed E-state index contributed by atoms with van der Waals surface area (Å²) in [5, 5.41) is 3.29. The summed E-state index contributed by atoms with van der Waals surface area (Å²) in [6, 6.07) is 4.55. The van der Waals surface area contributed by atoms with Gasteiger partial charge in [-0.2, -0.15) is 0 Å². The van der Waals surface area contributed by atoms with E-state index in [1.54, 1.807) is 12.1 Å². The number of aldehydes is 1. The normalized spacial score (nSPS) is 21.4. The number of benzene rings is 1. The van der Waals surface area contributed by atoms with Crippen molar-refractivity contribution in [3.8, 4) is 0 Å². The Morgan fingerprint density at radius 1 is 1.59 bits per heavy atom. The molecule has 5 heteroatoms. The van der Waals surface area contributed by atoms with Gasteiger partial charge in [-0.1, -0.05) is 17.7 Å². The fourth-order valence-corrected chi connectivity index (χ4v) is 2.17. The van der Waals surface area contributed by atoms with Crippen LogP contribution in [0.3, 0.4) is 0 Å². The standard InChI is InChI=1S/C12H14ClFN2O/c13-11-5-9(1-2-12(11)14)7-16-4-3-15-6-10(16)8-17/h1-2,5,8,10,15H,3-4,6-7H2. The Morgan fingerprint density at radius 3 is 3.12 bits per heavy atom. The third kappa shape index (κ3) is 3.03. The van der Waals surface area contributed by atoms with Gasteiger partial charge in [0.2, 0.25) is 0 Å². The van der Waals surface area contributed by atoms with Crippen molar-refractivity contribution in [2.24, 2.45) is 0 Å². The molecule has 0 amide bonds. The van der Waals surface area contributed by atoms with E-state index in [0.717, 1.165) is 24.9 Å². The number of carbonyl (C=O) groups is 1. The summed E-state index contributed by atoms with van der Waals surface area (Å²) >= 11 is 5.73. The molecule has 0 aliphatic carbocycles. The molecule has 3 nitrogen and oxygen atoms in total. The lowest BCUT2D eigenvalue weighted by atomic mass is 10.1. The molecule has 1 saturated heterocycles. The van der Waals surface area contributed by atoms with Gasteiger partial charge >= 0.3 is 0 Å². The van der Waals surface area contributed by atoms with E-state index in [2.05, 4.69) is 10.2 Å². The van der Waals surface area contributed by atoms with E-state index in [4.69, 9.17) is 11.6 Å². The van der Waals surface area contributed by atoms with Crippen LogP contribution in [0.1, 0.15) is 5.56 Å². The van der Waals surface area contributed by atoms with Gasteiger partial charge in [0.05, 0.1) is 11.1 Å². The van der Waals surface area contributed by atoms with E-state index >= 15 is 0 Å². The van der Waals surface area contributed by atoms with Crippen LogP contribution in [0, 0.1) is 5.82 Å². The minimum atomic E-state index is -0.414. The van der Waals surface area contributed by atoms with Crippen molar-refractivity contribution in [1.29, 1.82) is 0 Å². The summed E-state index contributed by atoms with van der Waals surface area (Å²) in [6.07, 6.45) is 0.942. The van der Waals surface area contributed by atoms with Gasteiger partial charge in [-0.25, -0.2) is 4.39 Å². The van der Waals surface area contributed by atoms with Crippen molar-refractivity contribution in [2.75, 3.05) is 19.6 Å². The minimum absolute atomic E-state index is 0.118. The highest BCUT2D eigenvalue weighted by molar-refractivity contribution is 6.30. The summed E-state index contributed by atoms with van der Waals surface area (Å²) in [6.45, 7) is 2.95. The van der Waals surface area contributed by atoms with Crippen molar-refractivity contribution in [1.82, 2.24) is 10.2 Å². The lowest BCUT2D eigenvalue weighted by molar-refractivity contribution is -0.113. The predicted molar refractivity (Wildman–Crippen MR) is 64.5 cm³/mol. The Kier molecular flexibility index (Phi) is 4.10. The van der Waals surface area contributed by atoms with Crippen LogP contribution in [0.25, 0.3) is 0 Å². The maximum Gasteiger partial charge on any atom is 0.141 e. The van der Waals surface area contributed by atoms with Crippen molar-refractivity contribution in [3.63, 3.8) is 0 Å². The molecule has 1 aromatic rings. The van der Waals surface area contributed by atoms with Crippen molar-refractivity contribution in [3.05, 3.63) is 34.6 Å². The number of hydrogen-bond acceptors (Lipinski definition) is 3. The van der Waals surface area contributed by atoms with E-state index in [0.29, 0.717) is 13.1 Å². The molecule has 92 valence electrons. The van der Waals surface area contributed by atoms with Gasteiger partial charge < -0.3 is 10.1 Å². The molecule has 0 radical (unpaired) electrons. The SMILES string of the molecule is O=CC1CNCCN1Cc1ccc(F)c(Cl)c1. The summed E-state index contributed by atoms with van der Waals surface area (Å²) < 4.78 is 13.0. The second-order valence-electron chi connectivity index (χ2n) is 4.13. The van der Waals surface area contributed by atoms with E-state index in [1.807, 2.05) is 0 Å². The number of hydrogen-bond donors (Lipinski definition) is 1. The largest absolute Gasteiger partial charge is 0.313 e. The quantitative estimate of drug-likeness (QED) is 0.831. The molecule has 1 atom stereocenters. The number of halogens is 2. The molecule has 1 unspecified atom stereocenters. The van der Waals surface area contributed by atoms with Crippen LogP contribution in [0.15, 0.2) is 18.2 Å². The molecule has 0 spiro atoms. The highest BCUT2D eigenvalue weighted by Gasteiger charge is 2.21. The van der Waals surface area contributed by atoms with Gasteiger partial charge in [0.25, 0.3) is 0 Å². The van der Waals surface area contributed by atoms with Gasteiger partial charge in [0, 0.05) is 26.2 Å². The first-order valence-electron chi connectivity index (χ1n) is 5.54. The van der Waals surface area contributed by atoms with Crippen molar-refractivity contribution in [2.45, 2.75) is 12.6 Å². The number of nitrogens with zero attached hydrogens (tertiary/aromatic N) is 1. The zero-order chi connectivity index (χ0) is 12.3. The Labute approximate surface area is 105 Å². The molecule has 0 aromatic heterocycles. The fourth-order valence-electron chi connectivity index (χ4n) is 1.97. The van der Waals surface area contributed by atoms with Crippen LogP contribution in [-0.4, -0.2) is 36.9 Å². The Balaban J connectivity index is 2.08. The second kappa shape index (κ2) is 5.58. The number of rotatable bonds is 3. The summed E-state index contributed by atoms with van der Waals surface area (Å²) in [5.74, 6) is -0.414. The molecule has 2 rings (SSSR count). The van der Waals surface area contributed by atoms with Gasteiger partial charge in [0.15, 0.2) is 0 Å². The first kappa shape index (κ1) is 12.5. The van der Waals surface area contributed by atoms with E-state index in [9.17, 15) is 9.18 Å². The molecule has 1 N–H and O–H groups in total. The van der Waals surface area contributed by atoms with Crippen LogP contribution in [0.2, 0.25) is 5.02 Å². The Bertz CT molecular complexity index is 413. The molecule has 1 fully saturated rings. The Morgan fingerprint density at radius 2 is 2.41 bits per heavy atom. The monoisotopic (exact) mass is 256 g/mol. The summed E-state index contributed by atoms with van der Waals surface area (Å²) in [4.78, 5) is 13.0. The average Bonchev–Trinajstić information content (AvgIpc) is 2.34. The summed E-state index contributed by atoms with van der Waals surface area (Å²) in [7, 11) is 0. The third-order valence-corrected chi connectivity index (χ3v) is 3.21. The minimum Gasteiger partial charge on any atom is -0.313 e. The van der Waals surface area contributed by atoms with Crippen LogP contribution < -0.4 is 5.32 Å². The molecule has 1 aliphatic rings. The zero-order valence-electron chi connectivity index (χ0n) is 9.33. The van der Waals surface area contributed by atoms with Gasteiger partial charge in [-0.3, -0.25) is 4.90 Å². The lowest BCUT2D eigenvalue weighted by Gasteiger charge is -2.32. The molecule has 1 aromatic carbocycles. The van der Waals surface area contributed by atoms with Gasteiger partial charge in [-0.15, -0.1) is 0 Å². The average molecular weight is 257 g/mol. The first-order chi connectivity index (χ1) is 8.20. The summed E-state index contributed by atoms with van der Waals surface area (Å²) in [5.41, 5.74) is 0.921. The number of nitrogens with one attached hydrogen (secondary N) is 1. The molecule has 1 heterocycles. The molecule has 0 saturated carbocycles. The number of piperazine rings is 1. The van der Waals surface area contributed by atoms with Gasteiger partial charge in [0.1, 0.15) is 12.1 Å². The predicted octanol–water partition coefficient (Wildman–Crippen LogP) is 1.45. The van der Waals surface area contributed by atoms with Crippen LogP contribution in [-0.2, 0) is 11.3 Å². The molecule has 17 heavy (non-hydrogen) atoms. The first-order valence-corrected chi connectivity index (χ1v) is 5.92. The van der Waals surface area contributed by atoms with Crippen LogP contribution in [0.4, 0.5) is 4.39 Å². The second-order valence-corrected chi connectivity index (χ2v) is 4.53. The smallest absolute Gasteiger partial charge is 0.141 e. The maximum atomic E-state index is 13.0. The Hall–Kier alpha value is -0.970. The highest BCUT2D eigenvalue weighted by atomic mass is 35.5. The van der Waals surface area contributed by atoms with Crippen LogP contribution >= 0.6 is 11.6 Å². The molecular formula is C12H14ClFN2O. The molecule has 1 aliphatic heterocycles. The topological polar surface area (TPSA) is 32.3 Å². The van der Waals surface area contributed by atoms with E-state index in [1.165, 1.54) is 6.07 Å². The van der Waals surface area contributed by atoms with E-state index in [-0.39, 0.29) is 11.1 Å². The van der Waals surface area contributed by atoms with E-state index < -0.39 is 5.82 Å². The molecule has 0 bridgehead atoms. The molecular weight excluding hydrogens is 243 g/mol. The zero-order valence-corrected chi connectivity index (χ0v) is 10.1. The van der Waals surface area contributed by atoms with Gasteiger partial charge in [-0.05, 0) is 17.7 Å². The third-order valence-electron chi connectivity index (χ3n) is 2.93. The van der Waals surface area contributed by atoms with Crippen molar-refractivity contribution >= 4 is 17.9 Å². The van der Waals surface area contributed by atoms with Crippen molar-refractivity contribution < 1.29 is 9.18 Å². The van der Waals surface area contributed by atoms with Crippen LogP contribution in [0.5, 0.6) is 0 Å². The lowest BCUT2D eigenvalue weighted by Crippen LogP contribution is -2.51.